The molecular weight excluding hydrogens is 394 g/mol. The number of aliphatic hydroxyl groups is 1. The molecule has 0 saturated heterocycles. The number of hydrogen-bond donors (Lipinski definition) is 1. The number of benzene rings is 3. The van der Waals surface area contributed by atoms with Gasteiger partial charge in [-0.2, -0.15) is 0 Å². The summed E-state index contributed by atoms with van der Waals surface area (Å²) in [6, 6.07) is 23.2. The van der Waals surface area contributed by atoms with Gasteiger partial charge in [0.1, 0.15) is 36.2 Å². The number of aliphatic hydroxyl groups excluding tert-OH is 1. The molecule has 1 aliphatic heterocycles. The second-order valence-electron chi connectivity index (χ2n) is 7.42. The average Bonchev–Trinajstić information content (AvgIpc) is 3.20. The zero-order valence-electron chi connectivity index (χ0n) is 17.6. The monoisotopic (exact) mass is 419 g/mol. The van der Waals surface area contributed by atoms with E-state index >= 15 is 0 Å². The molecule has 6 heteroatoms. The van der Waals surface area contributed by atoms with E-state index in [1.807, 2.05) is 72.8 Å². The van der Waals surface area contributed by atoms with Gasteiger partial charge in [-0.15, -0.1) is 0 Å². The van der Waals surface area contributed by atoms with E-state index in [0.717, 1.165) is 22.6 Å². The molecule has 160 valence electrons. The molecule has 0 bridgehead atoms. The van der Waals surface area contributed by atoms with E-state index in [1.54, 1.807) is 14.0 Å². The quantitative estimate of drug-likeness (QED) is 0.573. The van der Waals surface area contributed by atoms with Gasteiger partial charge in [0.2, 0.25) is 0 Å². The van der Waals surface area contributed by atoms with Crippen LogP contribution < -0.4 is 14.2 Å². The van der Waals surface area contributed by atoms with E-state index in [2.05, 4.69) is 4.99 Å². The van der Waals surface area contributed by atoms with Crippen LogP contribution in [0.4, 0.5) is 0 Å². The number of nitrogens with zero attached hydrogens (tertiary/aromatic N) is 1. The summed E-state index contributed by atoms with van der Waals surface area (Å²) in [5.41, 5.74) is 1.48. The summed E-state index contributed by atoms with van der Waals surface area (Å²) in [5, 5.41) is 9.64. The highest BCUT2D eigenvalue weighted by Crippen LogP contribution is 2.28. The Balaban J connectivity index is 1.35. The van der Waals surface area contributed by atoms with Gasteiger partial charge in [0.15, 0.2) is 11.4 Å². The molecule has 4 rings (SSSR count). The summed E-state index contributed by atoms with van der Waals surface area (Å²) in [4.78, 5) is 4.35. The molecule has 3 aromatic rings. The number of ether oxygens (including phenoxy) is 4. The Kier molecular flexibility index (Phi) is 6.09. The molecule has 1 unspecified atom stereocenters. The molecule has 0 amide bonds. The van der Waals surface area contributed by atoms with Crippen molar-refractivity contribution in [3.8, 4) is 34.1 Å². The first-order valence-electron chi connectivity index (χ1n) is 10.0. The Morgan fingerprint density at radius 1 is 0.839 bits per heavy atom. The summed E-state index contributed by atoms with van der Waals surface area (Å²) in [5.74, 6) is 3.54. The zero-order valence-corrected chi connectivity index (χ0v) is 17.6. The molecule has 6 nitrogen and oxygen atoms in total. The Bertz CT molecular complexity index is 1030. The third kappa shape index (κ3) is 4.98. The van der Waals surface area contributed by atoms with E-state index in [-0.39, 0.29) is 13.2 Å². The molecule has 1 heterocycles. The molecule has 1 N–H and O–H groups in total. The van der Waals surface area contributed by atoms with Gasteiger partial charge in [-0.1, -0.05) is 24.3 Å². The Hall–Kier alpha value is -3.51. The Labute approximate surface area is 181 Å². The van der Waals surface area contributed by atoms with E-state index in [4.69, 9.17) is 18.9 Å². The van der Waals surface area contributed by atoms with Gasteiger partial charge in [-0.3, -0.25) is 0 Å². The van der Waals surface area contributed by atoms with Crippen LogP contribution in [0.1, 0.15) is 6.92 Å². The summed E-state index contributed by atoms with van der Waals surface area (Å²) < 4.78 is 22.3. The number of rotatable bonds is 8. The van der Waals surface area contributed by atoms with Crippen molar-refractivity contribution in [2.24, 2.45) is 4.99 Å². The lowest BCUT2D eigenvalue weighted by Crippen LogP contribution is -2.39. The predicted octanol–water partition coefficient (Wildman–Crippen LogP) is 4.71. The first-order valence-corrected chi connectivity index (χ1v) is 10.0. The molecule has 3 aromatic carbocycles. The SMILES string of the molecule is COc1ccc(-c2ccc(Oc3ccc(OCC4(CO)COC(C)=N4)cc3)cc2)cc1. The molecule has 1 aliphatic rings. The van der Waals surface area contributed by atoms with Gasteiger partial charge < -0.3 is 24.1 Å². The van der Waals surface area contributed by atoms with Crippen LogP contribution in [0.5, 0.6) is 23.0 Å². The molecule has 1 atom stereocenters. The molecule has 0 aromatic heterocycles. The fourth-order valence-electron chi connectivity index (χ4n) is 3.29. The lowest BCUT2D eigenvalue weighted by molar-refractivity contribution is 0.107. The van der Waals surface area contributed by atoms with E-state index in [9.17, 15) is 5.11 Å². The van der Waals surface area contributed by atoms with Crippen LogP contribution >= 0.6 is 0 Å². The normalized spacial score (nSPS) is 17.6. The van der Waals surface area contributed by atoms with E-state index in [1.165, 1.54) is 0 Å². The van der Waals surface area contributed by atoms with Crippen molar-refractivity contribution in [2.45, 2.75) is 12.5 Å². The van der Waals surface area contributed by atoms with Gasteiger partial charge >= 0.3 is 0 Å². The average molecular weight is 419 g/mol. The van der Waals surface area contributed by atoms with Gasteiger partial charge in [0.25, 0.3) is 0 Å². The topological polar surface area (TPSA) is 69.5 Å². The smallest absolute Gasteiger partial charge is 0.180 e. The largest absolute Gasteiger partial charge is 0.497 e. The summed E-state index contributed by atoms with van der Waals surface area (Å²) >= 11 is 0. The van der Waals surface area contributed by atoms with Crippen LogP contribution in [-0.2, 0) is 4.74 Å². The number of aliphatic imine (C=N–C) groups is 1. The van der Waals surface area contributed by atoms with Crippen LogP contribution in [0.15, 0.2) is 77.8 Å². The molecule has 0 saturated carbocycles. The Morgan fingerprint density at radius 3 is 1.84 bits per heavy atom. The zero-order chi connectivity index (χ0) is 21.7. The second kappa shape index (κ2) is 9.10. The van der Waals surface area contributed by atoms with Crippen molar-refractivity contribution in [1.29, 1.82) is 0 Å². The maximum Gasteiger partial charge on any atom is 0.180 e. The summed E-state index contributed by atoms with van der Waals surface area (Å²) in [6.07, 6.45) is 0. The van der Waals surface area contributed by atoms with E-state index < -0.39 is 5.54 Å². The first-order chi connectivity index (χ1) is 15.1. The minimum atomic E-state index is -0.731. The van der Waals surface area contributed by atoms with Crippen LogP contribution in [0, 0.1) is 0 Å². The van der Waals surface area contributed by atoms with Crippen molar-refractivity contribution in [2.75, 3.05) is 26.9 Å². The molecule has 31 heavy (non-hydrogen) atoms. The molecule has 0 spiro atoms. The lowest BCUT2D eigenvalue weighted by Gasteiger charge is -2.21. The van der Waals surface area contributed by atoms with Crippen molar-refractivity contribution >= 4 is 5.90 Å². The van der Waals surface area contributed by atoms with Crippen LogP contribution in [-0.4, -0.2) is 43.5 Å². The van der Waals surface area contributed by atoms with Crippen molar-refractivity contribution in [3.05, 3.63) is 72.8 Å². The highest BCUT2D eigenvalue weighted by atomic mass is 16.5. The van der Waals surface area contributed by atoms with Crippen molar-refractivity contribution < 1.29 is 24.1 Å². The standard InChI is InChI=1S/C25H25NO5/c1-18-26-25(15-27,16-29-18)17-30-22-11-13-24(14-12-22)31-23-9-5-20(6-10-23)19-3-7-21(28-2)8-4-19/h3-14,27H,15-17H2,1-2H3. The van der Waals surface area contributed by atoms with Gasteiger partial charge in [-0.05, 0) is 59.7 Å². The minimum absolute atomic E-state index is 0.127. The fraction of sp³-hybridized carbons (Fsp3) is 0.240. The van der Waals surface area contributed by atoms with Crippen LogP contribution in [0.2, 0.25) is 0 Å². The molecule has 0 fully saturated rings. The number of methoxy groups -OCH3 is 1. The van der Waals surface area contributed by atoms with Crippen molar-refractivity contribution in [1.82, 2.24) is 0 Å². The van der Waals surface area contributed by atoms with Crippen LogP contribution in [0.25, 0.3) is 11.1 Å². The highest BCUT2D eigenvalue weighted by Gasteiger charge is 2.36. The van der Waals surface area contributed by atoms with Gasteiger partial charge in [0, 0.05) is 6.92 Å². The molecule has 0 radical (unpaired) electrons. The molecular formula is C25H25NO5. The maximum atomic E-state index is 9.64. The van der Waals surface area contributed by atoms with Gasteiger partial charge in [-0.25, -0.2) is 4.99 Å². The summed E-state index contributed by atoms with van der Waals surface area (Å²) in [6.45, 7) is 2.21. The third-order valence-corrected chi connectivity index (χ3v) is 5.08. The maximum absolute atomic E-state index is 9.64. The lowest BCUT2D eigenvalue weighted by atomic mass is 10.1. The minimum Gasteiger partial charge on any atom is -0.497 e. The van der Waals surface area contributed by atoms with E-state index in [0.29, 0.717) is 24.0 Å². The predicted molar refractivity (Wildman–Crippen MR) is 119 cm³/mol. The summed E-state index contributed by atoms with van der Waals surface area (Å²) in [7, 11) is 1.66. The first kappa shape index (κ1) is 20.8. The third-order valence-electron chi connectivity index (χ3n) is 5.08. The second-order valence-corrected chi connectivity index (χ2v) is 7.42. The van der Waals surface area contributed by atoms with Crippen LogP contribution in [0.3, 0.4) is 0 Å². The van der Waals surface area contributed by atoms with Gasteiger partial charge in [0.05, 0.1) is 13.7 Å². The molecule has 0 aliphatic carbocycles. The number of hydrogen-bond acceptors (Lipinski definition) is 6. The highest BCUT2D eigenvalue weighted by molar-refractivity contribution is 5.75. The fourth-order valence-corrected chi connectivity index (χ4v) is 3.29. The Morgan fingerprint density at radius 2 is 1.35 bits per heavy atom. The van der Waals surface area contributed by atoms with Crippen molar-refractivity contribution in [3.63, 3.8) is 0 Å².